The minimum atomic E-state index is -0.0728. The molecule has 18 heavy (non-hydrogen) atoms. The molecule has 0 radical (unpaired) electrons. The largest absolute Gasteiger partial charge is 0.399 e. The molecule has 5 heteroatoms. The van der Waals surface area contributed by atoms with Crippen LogP contribution in [0.5, 0.6) is 0 Å². The average Bonchev–Trinajstić information content (AvgIpc) is 2.29. The Morgan fingerprint density at radius 2 is 2.22 bits per heavy atom. The summed E-state index contributed by atoms with van der Waals surface area (Å²) in [6.07, 6.45) is 2.06. The standard InChI is InChI=1S/C13H21N3OS/c1-4-15-13(17)11-6-5-10(14)7-12(11)16-9(2)8-18-3/h5-7,9,16H,4,8,14H2,1-3H3,(H,15,17). The highest BCUT2D eigenvalue weighted by atomic mass is 32.2. The number of anilines is 2. The molecular formula is C13H21N3OS. The average molecular weight is 267 g/mol. The number of nitrogens with two attached hydrogens (primary N) is 1. The lowest BCUT2D eigenvalue weighted by Crippen LogP contribution is -2.26. The van der Waals surface area contributed by atoms with Crippen LogP contribution in [0.1, 0.15) is 24.2 Å². The van der Waals surface area contributed by atoms with Gasteiger partial charge in [-0.15, -0.1) is 0 Å². The van der Waals surface area contributed by atoms with Crippen LogP contribution in [0.4, 0.5) is 11.4 Å². The number of amides is 1. The van der Waals surface area contributed by atoms with Crippen molar-refractivity contribution in [1.29, 1.82) is 0 Å². The molecule has 0 aliphatic carbocycles. The van der Waals surface area contributed by atoms with Gasteiger partial charge in [-0.2, -0.15) is 11.8 Å². The summed E-state index contributed by atoms with van der Waals surface area (Å²) in [5.41, 5.74) is 7.86. The number of nitrogen functional groups attached to an aromatic ring is 1. The zero-order chi connectivity index (χ0) is 13.5. The Bertz CT molecular complexity index is 409. The first kappa shape index (κ1) is 14.7. The van der Waals surface area contributed by atoms with Crippen LogP contribution in [0, 0.1) is 0 Å². The summed E-state index contributed by atoms with van der Waals surface area (Å²) in [7, 11) is 0. The predicted molar refractivity (Wildman–Crippen MR) is 80.3 cm³/mol. The van der Waals surface area contributed by atoms with Crippen molar-refractivity contribution in [2.24, 2.45) is 0 Å². The van der Waals surface area contributed by atoms with Crippen LogP contribution in [-0.4, -0.2) is 30.5 Å². The van der Waals surface area contributed by atoms with Gasteiger partial charge in [0.05, 0.1) is 5.56 Å². The van der Waals surface area contributed by atoms with E-state index in [1.165, 1.54) is 0 Å². The molecule has 1 aromatic carbocycles. The number of rotatable bonds is 6. The molecule has 0 aliphatic rings. The molecule has 0 fully saturated rings. The van der Waals surface area contributed by atoms with Crippen molar-refractivity contribution in [1.82, 2.24) is 5.32 Å². The summed E-state index contributed by atoms with van der Waals surface area (Å²) in [6, 6.07) is 5.60. The van der Waals surface area contributed by atoms with Gasteiger partial charge in [-0.1, -0.05) is 0 Å². The Kier molecular flexibility index (Phi) is 5.85. The highest BCUT2D eigenvalue weighted by molar-refractivity contribution is 7.98. The van der Waals surface area contributed by atoms with Gasteiger partial charge in [0.25, 0.3) is 5.91 Å². The van der Waals surface area contributed by atoms with Gasteiger partial charge in [0.15, 0.2) is 0 Å². The van der Waals surface area contributed by atoms with Crippen molar-refractivity contribution in [2.75, 3.05) is 29.6 Å². The Morgan fingerprint density at radius 1 is 1.50 bits per heavy atom. The monoisotopic (exact) mass is 267 g/mol. The SMILES string of the molecule is CCNC(=O)c1ccc(N)cc1NC(C)CSC. The molecule has 1 rings (SSSR count). The fourth-order valence-corrected chi connectivity index (χ4v) is 2.28. The summed E-state index contributed by atoms with van der Waals surface area (Å²) in [6.45, 7) is 4.60. The van der Waals surface area contributed by atoms with Gasteiger partial charge in [-0.05, 0) is 38.3 Å². The van der Waals surface area contributed by atoms with E-state index in [4.69, 9.17) is 5.73 Å². The number of hydrogen-bond acceptors (Lipinski definition) is 4. The van der Waals surface area contributed by atoms with Crippen molar-refractivity contribution in [3.63, 3.8) is 0 Å². The molecule has 0 saturated carbocycles. The molecule has 0 saturated heterocycles. The minimum Gasteiger partial charge on any atom is -0.399 e. The second-order valence-electron chi connectivity index (χ2n) is 4.17. The van der Waals surface area contributed by atoms with Crippen LogP contribution >= 0.6 is 11.8 Å². The fourth-order valence-electron chi connectivity index (χ4n) is 1.69. The lowest BCUT2D eigenvalue weighted by molar-refractivity contribution is 0.0956. The number of carbonyl (C=O) groups excluding carboxylic acids is 1. The molecule has 1 amide bonds. The smallest absolute Gasteiger partial charge is 0.253 e. The number of nitrogens with one attached hydrogen (secondary N) is 2. The van der Waals surface area contributed by atoms with Crippen LogP contribution < -0.4 is 16.4 Å². The number of hydrogen-bond donors (Lipinski definition) is 3. The summed E-state index contributed by atoms with van der Waals surface area (Å²) in [4.78, 5) is 11.9. The van der Waals surface area contributed by atoms with Gasteiger partial charge < -0.3 is 16.4 Å². The van der Waals surface area contributed by atoms with Crippen molar-refractivity contribution in [3.8, 4) is 0 Å². The Balaban J connectivity index is 2.92. The first-order chi connectivity index (χ1) is 8.58. The van der Waals surface area contributed by atoms with Gasteiger partial charge in [-0.25, -0.2) is 0 Å². The zero-order valence-corrected chi connectivity index (χ0v) is 11.9. The summed E-state index contributed by atoms with van der Waals surface area (Å²) in [5.74, 6) is 0.903. The van der Waals surface area contributed by atoms with Crippen molar-refractivity contribution in [3.05, 3.63) is 23.8 Å². The lowest BCUT2D eigenvalue weighted by Gasteiger charge is -2.17. The summed E-state index contributed by atoms with van der Waals surface area (Å²) < 4.78 is 0. The number of thioether (sulfide) groups is 1. The third-order valence-corrected chi connectivity index (χ3v) is 3.28. The zero-order valence-electron chi connectivity index (χ0n) is 11.1. The Hall–Kier alpha value is -1.36. The van der Waals surface area contributed by atoms with E-state index in [0.29, 0.717) is 17.8 Å². The number of benzene rings is 1. The van der Waals surface area contributed by atoms with E-state index in [9.17, 15) is 4.79 Å². The van der Waals surface area contributed by atoms with Crippen LogP contribution in [0.15, 0.2) is 18.2 Å². The van der Waals surface area contributed by atoms with Crippen LogP contribution in [0.25, 0.3) is 0 Å². The molecule has 0 bridgehead atoms. The molecule has 4 nitrogen and oxygen atoms in total. The van der Waals surface area contributed by atoms with Crippen LogP contribution in [0.3, 0.4) is 0 Å². The van der Waals surface area contributed by atoms with Gasteiger partial charge >= 0.3 is 0 Å². The molecule has 0 heterocycles. The Labute approximate surface area is 113 Å². The third-order valence-electron chi connectivity index (χ3n) is 2.44. The molecule has 100 valence electrons. The van der Waals surface area contributed by atoms with Gasteiger partial charge in [0.2, 0.25) is 0 Å². The molecule has 1 atom stereocenters. The number of carbonyl (C=O) groups is 1. The normalized spacial score (nSPS) is 11.9. The lowest BCUT2D eigenvalue weighted by atomic mass is 10.1. The second kappa shape index (κ2) is 7.16. The van der Waals surface area contributed by atoms with E-state index in [2.05, 4.69) is 23.8 Å². The summed E-state index contributed by atoms with van der Waals surface area (Å²) >= 11 is 1.76. The van der Waals surface area contributed by atoms with Crippen LogP contribution in [-0.2, 0) is 0 Å². The van der Waals surface area contributed by atoms with E-state index in [1.807, 2.05) is 6.92 Å². The first-order valence-corrected chi connectivity index (χ1v) is 7.41. The van der Waals surface area contributed by atoms with E-state index < -0.39 is 0 Å². The third kappa shape index (κ3) is 4.14. The molecule has 0 aromatic heterocycles. The van der Waals surface area contributed by atoms with Crippen molar-refractivity contribution >= 4 is 29.0 Å². The fraction of sp³-hybridized carbons (Fsp3) is 0.462. The highest BCUT2D eigenvalue weighted by Crippen LogP contribution is 2.20. The topological polar surface area (TPSA) is 67.2 Å². The molecular weight excluding hydrogens is 246 g/mol. The van der Waals surface area contributed by atoms with Crippen LogP contribution in [0.2, 0.25) is 0 Å². The maximum atomic E-state index is 11.9. The van der Waals surface area contributed by atoms with E-state index in [1.54, 1.807) is 30.0 Å². The van der Waals surface area contributed by atoms with Gasteiger partial charge in [0.1, 0.15) is 0 Å². The first-order valence-electron chi connectivity index (χ1n) is 6.01. The quantitative estimate of drug-likeness (QED) is 0.691. The highest BCUT2D eigenvalue weighted by Gasteiger charge is 2.12. The van der Waals surface area contributed by atoms with E-state index in [0.717, 1.165) is 11.4 Å². The Morgan fingerprint density at radius 3 is 2.83 bits per heavy atom. The summed E-state index contributed by atoms with van der Waals surface area (Å²) in [5, 5.41) is 6.13. The maximum absolute atomic E-state index is 11.9. The predicted octanol–water partition coefficient (Wildman–Crippen LogP) is 2.18. The van der Waals surface area contributed by atoms with E-state index >= 15 is 0 Å². The maximum Gasteiger partial charge on any atom is 0.253 e. The molecule has 0 aliphatic heterocycles. The van der Waals surface area contributed by atoms with Crippen molar-refractivity contribution in [2.45, 2.75) is 19.9 Å². The second-order valence-corrected chi connectivity index (χ2v) is 5.08. The molecule has 1 aromatic rings. The minimum absolute atomic E-state index is 0.0728. The molecule has 0 spiro atoms. The van der Waals surface area contributed by atoms with Gasteiger partial charge in [-0.3, -0.25) is 4.79 Å². The van der Waals surface area contributed by atoms with Crippen molar-refractivity contribution < 1.29 is 4.79 Å². The van der Waals surface area contributed by atoms with E-state index in [-0.39, 0.29) is 11.9 Å². The molecule has 1 unspecified atom stereocenters. The molecule has 4 N–H and O–H groups in total. The van der Waals surface area contributed by atoms with Gasteiger partial charge in [0, 0.05) is 29.7 Å².